The molecule has 1 rings (SSSR count). The fraction of sp³-hybridized carbons (Fsp3) is 0.143. The van der Waals surface area contributed by atoms with Crippen LogP contribution in [0, 0.1) is 6.92 Å². The molecule has 0 saturated heterocycles. The van der Waals surface area contributed by atoms with Crippen LogP contribution in [0.15, 0.2) is 23.3 Å². The van der Waals surface area contributed by atoms with Crippen LogP contribution >= 0.6 is 0 Å². The van der Waals surface area contributed by atoms with Crippen molar-refractivity contribution in [2.24, 2.45) is 5.11 Å². The van der Waals surface area contributed by atoms with E-state index in [1.807, 2.05) is 0 Å². The maximum absolute atomic E-state index is 9.16. The van der Waals surface area contributed by atoms with Gasteiger partial charge in [-0.1, -0.05) is 17.2 Å². The van der Waals surface area contributed by atoms with Gasteiger partial charge >= 0.3 is 0 Å². The quantitative estimate of drug-likeness (QED) is 0.372. The predicted octanol–water partition coefficient (Wildman–Crippen LogP) is 2.64. The SMILES string of the molecule is Cc1cccc(O)c1N=[N+]=[N-]. The number of hydrogen-bond acceptors (Lipinski definition) is 2. The van der Waals surface area contributed by atoms with Crippen molar-refractivity contribution in [2.75, 3.05) is 0 Å². The first-order valence-corrected chi connectivity index (χ1v) is 3.09. The molecular weight excluding hydrogens is 142 g/mol. The molecule has 4 heteroatoms. The Balaban J connectivity index is 3.31. The number of azide groups is 1. The molecule has 0 amide bonds. The molecule has 0 atom stereocenters. The molecule has 1 N–H and O–H groups in total. The van der Waals surface area contributed by atoms with Gasteiger partial charge in [-0.25, -0.2) is 0 Å². The van der Waals surface area contributed by atoms with Crippen LogP contribution < -0.4 is 0 Å². The van der Waals surface area contributed by atoms with Gasteiger partial charge in [0.05, 0.1) is 5.69 Å². The molecule has 0 unspecified atom stereocenters. The molecule has 1 aromatic carbocycles. The molecule has 0 aromatic heterocycles. The summed E-state index contributed by atoms with van der Waals surface area (Å²) >= 11 is 0. The Morgan fingerprint density at radius 1 is 1.55 bits per heavy atom. The minimum atomic E-state index is 0.0165. The molecule has 0 fully saturated rings. The lowest BCUT2D eigenvalue weighted by molar-refractivity contribution is 0.476. The topological polar surface area (TPSA) is 69.0 Å². The molecule has 1 aromatic rings. The second kappa shape index (κ2) is 2.94. The molecule has 11 heavy (non-hydrogen) atoms. The van der Waals surface area contributed by atoms with Crippen LogP contribution in [0.1, 0.15) is 5.56 Å². The van der Waals surface area contributed by atoms with Crippen LogP contribution in [0.2, 0.25) is 0 Å². The Morgan fingerprint density at radius 2 is 2.27 bits per heavy atom. The highest BCUT2D eigenvalue weighted by Gasteiger charge is 1.99. The van der Waals surface area contributed by atoms with Gasteiger partial charge < -0.3 is 5.11 Å². The summed E-state index contributed by atoms with van der Waals surface area (Å²) in [5.74, 6) is 0.0165. The van der Waals surface area contributed by atoms with E-state index in [1.54, 1.807) is 19.1 Å². The summed E-state index contributed by atoms with van der Waals surface area (Å²) in [6.07, 6.45) is 0. The maximum atomic E-state index is 9.16. The van der Waals surface area contributed by atoms with Gasteiger partial charge in [-0.05, 0) is 24.1 Å². The van der Waals surface area contributed by atoms with E-state index in [4.69, 9.17) is 10.6 Å². The zero-order chi connectivity index (χ0) is 8.27. The summed E-state index contributed by atoms with van der Waals surface area (Å²) in [6.45, 7) is 1.77. The van der Waals surface area contributed by atoms with Gasteiger partial charge in [0.2, 0.25) is 0 Å². The summed E-state index contributed by atoms with van der Waals surface area (Å²) < 4.78 is 0. The lowest BCUT2D eigenvalue weighted by Gasteiger charge is -1.99. The number of hydrogen-bond donors (Lipinski definition) is 1. The number of benzene rings is 1. The molecule has 0 radical (unpaired) electrons. The largest absolute Gasteiger partial charge is 0.507 e. The van der Waals surface area contributed by atoms with E-state index < -0.39 is 0 Å². The van der Waals surface area contributed by atoms with Gasteiger partial charge in [-0.15, -0.1) is 0 Å². The van der Waals surface area contributed by atoms with Gasteiger partial charge in [-0.3, -0.25) is 0 Å². The number of aryl methyl sites for hydroxylation is 1. The second-order valence-electron chi connectivity index (χ2n) is 2.13. The van der Waals surface area contributed by atoms with Crippen molar-refractivity contribution in [1.82, 2.24) is 0 Å². The second-order valence-corrected chi connectivity index (χ2v) is 2.13. The summed E-state index contributed by atoms with van der Waals surface area (Å²) in [6, 6.07) is 4.95. The summed E-state index contributed by atoms with van der Waals surface area (Å²) in [5, 5.41) is 12.5. The third-order valence-corrected chi connectivity index (χ3v) is 1.36. The first-order chi connectivity index (χ1) is 5.25. The fourth-order valence-electron chi connectivity index (χ4n) is 0.818. The third kappa shape index (κ3) is 1.42. The van der Waals surface area contributed by atoms with Crippen LogP contribution in [0.4, 0.5) is 5.69 Å². The monoisotopic (exact) mass is 149 g/mol. The average molecular weight is 149 g/mol. The standard InChI is InChI=1S/C7H7N3O/c1-5-3-2-4-6(11)7(5)9-10-8/h2-4,11H,1H3. The van der Waals surface area contributed by atoms with E-state index in [0.29, 0.717) is 5.69 Å². The molecule has 0 aliphatic carbocycles. The molecular formula is C7H7N3O. The summed E-state index contributed by atoms with van der Waals surface area (Å²) in [7, 11) is 0. The first-order valence-electron chi connectivity index (χ1n) is 3.09. The Bertz CT molecular complexity index is 295. The maximum Gasteiger partial charge on any atom is 0.125 e. The molecule has 0 bridgehead atoms. The first kappa shape index (κ1) is 7.44. The van der Waals surface area contributed by atoms with E-state index in [9.17, 15) is 0 Å². The van der Waals surface area contributed by atoms with Gasteiger partial charge in [0.15, 0.2) is 0 Å². The molecule has 0 aliphatic heterocycles. The van der Waals surface area contributed by atoms with Gasteiger partial charge in [-0.2, -0.15) is 0 Å². The van der Waals surface area contributed by atoms with Gasteiger partial charge in [0.25, 0.3) is 0 Å². The average Bonchev–Trinajstić information content (AvgIpc) is 1.97. The summed E-state index contributed by atoms with van der Waals surface area (Å²) in [5.41, 5.74) is 9.18. The number of phenolic OH excluding ortho intramolecular Hbond substituents is 1. The van der Waals surface area contributed by atoms with Crippen LogP contribution in [0.25, 0.3) is 10.4 Å². The van der Waals surface area contributed by atoms with Crippen molar-refractivity contribution in [2.45, 2.75) is 6.92 Å². The highest BCUT2D eigenvalue weighted by molar-refractivity contribution is 5.56. The molecule has 0 saturated carbocycles. The van der Waals surface area contributed by atoms with E-state index in [-0.39, 0.29) is 5.75 Å². The number of aromatic hydroxyl groups is 1. The van der Waals surface area contributed by atoms with Crippen LogP contribution in [-0.4, -0.2) is 5.11 Å². The number of rotatable bonds is 1. The van der Waals surface area contributed by atoms with E-state index in [2.05, 4.69) is 10.0 Å². The van der Waals surface area contributed by atoms with Crippen molar-refractivity contribution in [3.8, 4) is 5.75 Å². The normalized spacial score (nSPS) is 8.82. The van der Waals surface area contributed by atoms with E-state index in [0.717, 1.165) is 5.56 Å². The van der Waals surface area contributed by atoms with Crippen LogP contribution in [0.5, 0.6) is 5.75 Å². The Hall–Kier alpha value is -1.67. The van der Waals surface area contributed by atoms with Crippen molar-refractivity contribution in [1.29, 1.82) is 0 Å². The van der Waals surface area contributed by atoms with E-state index >= 15 is 0 Å². The molecule has 56 valence electrons. The van der Waals surface area contributed by atoms with Crippen molar-refractivity contribution in [3.05, 3.63) is 34.2 Å². The van der Waals surface area contributed by atoms with Crippen LogP contribution in [-0.2, 0) is 0 Å². The van der Waals surface area contributed by atoms with Crippen molar-refractivity contribution >= 4 is 5.69 Å². The molecule has 4 nitrogen and oxygen atoms in total. The predicted molar refractivity (Wildman–Crippen MR) is 41.6 cm³/mol. The van der Waals surface area contributed by atoms with Gasteiger partial charge in [0.1, 0.15) is 5.75 Å². The van der Waals surface area contributed by atoms with Crippen molar-refractivity contribution < 1.29 is 5.11 Å². The third-order valence-electron chi connectivity index (χ3n) is 1.36. The fourth-order valence-corrected chi connectivity index (χ4v) is 0.818. The Morgan fingerprint density at radius 3 is 2.82 bits per heavy atom. The zero-order valence-electron chi connectivity index (χ0n) is 6.02. The highest BCUT2D eigenvalue weighted by Crippen LogP contribution is 2.29. The number of phenols is 1. The Labute approximate surface area is 63.7 Å². The zero-order valence-corrected chi connectivity index (χ0v) is 6.02. The smallest absolute Gasteiger partial charge is 0.125 e. The molecule has 0 heterocycles. The molecule has 0 aliphatic rings. The van der Waals surface area contributed by atoms with Crippen LogP contribution in [0.3, 0.4) is 0 Å². The lowest BCUT2D eigenvalue weighted by Crippen LogP contribution is -1.72. The van der Waals surface area contributed by atoms with Crippen molar-refractivity contribution in [3.63, 3.8) is 0 Å². The minimum absolute atomic E-state index is 0.0165. The molecule has 0 spiro atoms. The van der Waals surface area contributed by atoms with E-state index in [1.165, 1.54) is 6.07 Å². The minimum Gasteiger partial charge on any atom is -0.507 e. The lowest BCUT2D eigenvalue weighted by atomic mass is 10.2. The Kier molecular flexibility index (Phi) is 1.99. The highest BCUT2D eigenvalue weighted by atomic mass is 16.3. The summed E-state index contributed by atoms with van der Waals surface area (Å²) in [4.78, 5) is 2.59. The van der Waals surface area contributed by atoms with Gasteiger partial charge in [0, 0.05) is 4.91 Å². The number of nitrogens with zero attached hydrogens (tertiary/aromatic N) is 3.